The monoisotopic (exact) mass is 320 g/mol. The summed E-state index contributed by atoms with van der Waals surface area (Å²) in [6.07, 6.45) is 6.43. The van der Waals surface area contributed by atoms with Gasteiger partial charge in [-0.3, -0.25) is 0 Å². The molecule has 0 saturated heterocycles. The number of hydrogen-bond donors (Lipinski definition) is 2. The van der Waals surface area contributed by atoms with Crippen LogP contribution in [0.3, 0.4) is 0 Å². The molecule has 0 radical (unpaired) electrons. The molecule has 0 bridgehead atoms. The van der Waals surface area contributed by atoms with E-state index in [9.17, 15) is 10.2 Å². The molecule has 0 amide bonds. The van der Waals surface area contributed by atoms with Crippen LogP contribution in [0, 0.1) is 0 Å². The highest BCUT2D eigenvalue weighted by molar-refractivity contribution is 5.76. The third-order valence-electron chi connectivity index (χ3n) is 4.58. The summed E-state index contributed by atoms with van der Waals surface area (Å²) >= 11 is 0. The first-order valence-electron chi connectivity index (χ1n) is 8.31. The van der Waals surface area contributed by atoms with Crippen LogP contribution in [-0.4, -0.2) is 10.2 Å². The van der Waals surface area contributed by atoms with Gasteiger partial charge in [0.1, 0.15) is 11.4 Å². The van der Waals surface area contributed by atoms with Crippen molar-refractivity contribution in [1.82, 2.24) is 0 Å². The van der Waals surface area contributed by atoms with Crippen LogP contribution in [0.5, 0.6) is 5.75 Å². The van der Waals surface area contributed by atoms with Gasteiger partial charge in [0.2, 0.25) is 0 Å². The molecule has 0 aromatic heterocycles. The number of benzene rings is 2. The molecule has 124 valence electrons. The van der Waals surface area contributed by atoms with Crippen molar-refractivity contribution in [3.8, 4) is 5.75 Å². The van der Waals surface area contributed by atoms with Gasteiger partial charge >= 0.3 is 0 Å². The van der Waals surface area contributed by atoms with Crippen molar-refractivity contribution in [2.24, 2.45) is 0 Å². The molecule has 1 aliphatic carbocycles. The Morgan fingerprint density at radius 2 is 1.71 bits per heavy atom. The van der Waals surface area contributed by atoms with Gasteiger partial charge in [-0.15, -0.1) is 0 Å². The minimum absolute atomic E-state index is 0.121. The SMILES string of the molecule is CC(C)(C)c1cc(C2=CCC(O)(c3ccccc3)C=C2)ccc1O. The lowest BCUT2D eigenvalue weighted by molar-refractivity contribution is 0.0920. The predicted octanol–water partition coefficient (Wildman–Crippen LogP) is 4.92. The van der Waals surface area contributed by atoms with E-state index in [2.05, 4.69) is 26.8 Å². The van der Waals surface area contributed by atoms with E-state index < -0.39 is 5.60 Å². The molecular formula is C22H24O2. The number of rotatable bonds is 2. The Morgan fingerprint density at radius 3 is 2.29 bits per heavy atom. The van der Waals surface area contributed by atoms with Gasteiger partial charge < -0.3 is 10.2 Å². The largest absolute Gasteiger partial charge is 0.508 e. The summed E-state index contributed by atoms with van der Waals surface area (Å²) in [5, 5.41) is 21.0. The maximum absolute atomic E-state index is 10.9. The van der Waals surface area contributed by atoms with E-state index in [0.29, 0.717) is 12.2 Å². The van der Waals surface area contributed by atoms with Crippen molar-refractivity contribution in [2.45, 2.75) is 38.2 Å². The molecule has 24 heavy (non-hydrogen) atoms. The van der Waals surface area contributed by atoms with Crippen molar-refractivity contribution in [2.75, 3.05) is 0 Å². The lowest BCUT2D eigenvalue weighted by Gasteiger charge is -2.28. The highest BCUT2D eigenvalue weighted by Gasteiger charge is 2.27. The van der Waals surface area contributed by atoms with Crippen molar-refractivity contribution in [3.63, 3.8) is 0 Å². The zero-order valence-corrected chi connectivity index (χ0v) is 14.5. The minimum Gasteiger partial charge on any atom is -0.508 e. The molecule has 3 rings (SSSR count). The van der Waals surface area contributed by atoms with Crippen LogP contribution < -0.4 is 0 Å². The summed E-state index contributed by atoms with van der Waals surface area (Å²) < 4.78 is 0. The molecule has 0 saturated carbocycles. The van der Waals surface area contributed by atoms with Gasteiger partial charge in [0.05, 0.1) is 0 Å². The Morgan fingerprint density at radius 1 is 1.00 bits per heavy atom. The van der Waals surface area contributed by atoms with Crippen molar-refractivity contribution < 1.29 is 10.2 Å². The lowest BCUT2D eigenvalue weighted by Crippen LogP contribution is -2.23. The smallest absolute Gasteiger partial charge is 0.119 e. The van der Waals surface area contributed by atoms with Crippen LogP contribution in [0.4, 0.5) is 0 Å². The Hall–Kier alpha value is -2.32. The zero-order valence-electron chi connectivity index (χ0n) is 14.5. The van der Waals surface area contributed by atoms with Gasteiger partial charge in [-0.1, -0.05) is 69.3 Å². The van der Waals surface area contributed by atoms with Crippen LogP contribution in [0.15, 0.2) is 66.8 Å². The third-order valence-corrected chi connectivity index (χ3v) is 4.58. The Bertz CT molecular complexity index is 794. The molecule has 2 aromatic rings. The second kappa shape index (κ2) is 5.95. The molecule has 1 atom stereocenters. The van der Waals surface area contributed by atoms with Crippen LogP contribution in [-0.2, 0) is 11.0 Å². The number of phenols is 1. The van der Waals surface area contributed by atoms with Gasteiger partial charge in [-0.2, -0.15) is 0 Å². The van der Waals surface area contributed by atoms with E-state index in [1.165, 1.54) is 0 Å². The number of aromatic hydroxyl groups is 1. The summed E-state index contributed by atoms with van der Waals surface area (Å²) in [5.74, 6) is 0.326. The number of aliphatic hydroxyl groups is 1. The predicted molar refractivity (Wildman–Crippen MR) is 98.9 cm³/mol. The van der Waals surface area contributed by atoms with Gasteiger partial charge in [0.15, 0.2) is 0 Å². The van der Waals surface area contributed by atoms with Gasteiger partial charge in [-0.25, -0.2) is 0 Å². The van der Waals surface area contributed by atoms with E-state index in [1.807, 2.05) is 54.6 Å². The first-order chi connectivity index (χ1) is 11.3. The normalized spacial score (nSPS) is 20.8. The lowest BCUT2D eigenvalue weighted by atomic mass is 9.82. The molecule has 0 aliphatic heterocycles. The van der Waals surface area contributed by atoms with Crippen LogP contribution in [0.1, 0.15) is 43.9 Å². The summed E-state index contributed by atoms with van der Waals surface area (Å²) in [5.41, 5.74) is 2.89. The maximum atomic E-state index is 10.9. The molecule has 2 nitrogen and oxygen atoms in total. The molecule has 0 fully saturated rings. The molecular weight excluding hydrogens is 296 g/mol. The molecule has 2 aromatic carbocycles. The summed E-state index contributed by atoms with van der Waals surface area (Å²) in [6.45, 7) is 6.27. The van der Waals surface area contributed by atoms with E-state index in [0.717, 1.165) is 22.3 Å². The number of allylic oxidation sites excluding steroid dienone is 2. The van der Waals surface area contributed by atoms with Crippen molar-refractivity contribution in [3.05, 3.63) is 83.4 Å². The molecule has 1 unspecified atom stereocenters. The van der Waals surface area contributed by atoms with E-state index in [4.69, 9.17) is 0 Å². The molecule has 0 spiro atoms. The highest BCUT2D eigenvalue weighted by atomic mass is 16.3. The van der Waals surface area contributed by atoms with E-state index in [-0.39, 0.29) is 5.41 Å². The molecule has 2 heteroatoms. The number of phenolic OH excluding ortho intramolecular Hbond substituents is 1. The molecule has 2 N–H and O–H groups in total. The van der Waals surface area contributed by atoms with Gasteiger partial charge in [0.25, 0.3) is 0 Å². The summed E-state index contributed by atoms with van der Waals surface area (Å²) in [6, 6.07) is 15.4. The quantitative estimate of drug-likeness (QED) is 0.824. The topological polar surface area (TPSA) is 40.5 Å². The zero-order chi connectivity index (χ0) is 17.4. The van der Waals surface area contributed by atoms with Crippen molar-refractivity contribution in [1.29, 1.82) is 0 Å². The average molecular weight is 320 g/mol. The maximum Gasteiger partial charge on any atom is 0.119 e. The third kappa shape index (κ3) is 3.15. The van der Waals surface area contributed by atoms with Crippen LogP contribution >= 0.6 is 0 Å². The number of hydrogen-bond acceptors (Lipinski definition) is 2. The van der Waals surface area contributed by atoms with E-state index in [1.54, 1.807) is 6.07 Å². The van der Waals surface area contributed by atoms with Crippen molar-refractivity contribution >= 4 is 5.57 Å². The first kappa shape index (κ1) is 16.5. The standard InChI is InChI=1S/C22H24O2/c1-21(2,3)19-15-17(9-10-20(19)23)16-11-13-22(24,14-12-16)18-7-5-4-6-8-18/h4-13,15,23-24H,14H2,1-3H3. The fraction of sp³-hybridized carbons (Fsp3) is 0.273. The fourth-order valence-corrected chi connectivity index (χ4v) is 3.10. The second-order valence-corrected chi connectivity index (χ2v) is 7.47. The summed E-state index contributed by atoms with van der Waals surface area (Å²) in [7, 11) is 0. The van der Waals surface area contributed by atoms with Crippen LogP contribution in [0.2, 0.25) is 0 Å². The van der Waals surface area contributed by atoms with Gasteiger partial charge in [-0.05, 0) is 45.9 Å². The van der Waals surface area contributed by atoms with E-state index >= 15 is 0 Å². The molecule has 1 aliphatic rings. The fourth-order valence-electron chi connectivity index (χ4n) is 3.10. The van der Waals surface area contributed by atoms with Gasteiger partial charge in [0, 0.05) is 6.42 Å². The minimum atomic E-state index is -0.950. The van der Waals surface area contributed by atoms with Crippen LogP contribution in [0.25, 0.3) is 5.57 Å². The Balaban J connectivity index is 1.90. The Labute approximate surface area is 143 Å². The Kier molecular flexibility index (Phi) is 4.10. The summed E-state index contributed by atoms with van der Waals surface area (Å²) in [4.78, 5) is 0. The average Bonchev–Trinajstić information content (AvgIpc) is 2.56. The second-order valence-electron chi connectivity index (χ2n) is 7.47. The molecule has 0 heterocycles. The highest BCUT2D eigenvalue weighted by Crippen LogP contribution is 2.37. The first-order valence-corrected chi connectivity index (χ1v) is 8.31.